The van der Waals surface area contributed by atoms with Crippen molar-refractivity contribution in [2.24, 2.45) is 5.92 Å². The number of carbonyl (C=O) groups is 2. The van der Waals surface area contributed by atoms with E-state index in [0.29, 0.717) is 29.7 Å². The molecule has 0 spiro atoms. The minimum atomic E-state index is -0.282. The van der Waals surface area contributed by atoms with Gasteiger partial charge in [-0.1, -0.05) is 0 Å². The summed E-state index contributed by atoms with van der Waals surface area (Å²) >= 11 is 1.41. The number of carbonyl (C=O) groups excluding carboxylic acids is 2. The number of hydrogen-bond donors (Lipinski definition) is 0. The highest BCUT2D eigenvalue weighted by molar-refractivity contribution is 7.11. The van der Waals surface area contributed by atoms with E-state index in [-0.39, 0.29) is 23.4 Å². The van der Waals surface area contributed by atoms with Crippen molar-refractivity contribution in [2.45, 2.75) is 25.8 Å². The molecule has 9 heteroatoms. The number of hydrogen-bond acceptors (Lipinski definition) is 6. The van der Waals surface area contributed by atoms with Crippen LogP contribution in [0.15, 0.2) is 54.0 Å². The number of Topliss-reactive ketones (excluding diaryl/α,β-unsaturated/α-hetero) is 1. The molecule has 0 bridgehead atoms. The topological polar surface area (TPSA) is 71.3 Å². The van der Waals surface area contributed by atoms with Crippen molar-refractivity contribution >= 4 is 34.1 Å². The smallest absolute Gasteiger partial charge is 0.254 e. The van der Waals surface area contributed by atoms with Crippen LogP contribution in [0.2, 0.25) is 0 Å². The molecule has 1 amide bonds. The van der Waals surface area contributed by atoms with Gasteiger partial charge in [-0.25, -0.2) is 14.4 Å². The van der Waals surface area contributed by atoms with E-state index in [1.54, 1.807) is 18.3 Å². The Morgan fingerprint density at radius 2 is 1.81 bits per heavy atom. The summed E-state index contributed by atoms with van der Waals surface area (Å²) in [7, 11) is 0. The third-order valence-corrected chi connectivity index (χ3v) is 8.15. The first-order chi connectivity index (χ1) is 17.5. The number of rotatable bonds is 5. The predicted octanol–water partition coefficient (Wildman–Crippen LogP) is 4.35. The zero-order valence-electron chi connectivity index (χ0n) is 19.9. The molecule has 0 radical (unpaired) electrons. The number of halogens is 1. The summed E-state index contributed by atoms with van der Waals surface area (Å²) in [5.74, 6) is 0.728. The van der Waals surface area contributed by atoms with Crippen molar-refractivity contribution in [3.05, 3.63) is 76.3 Å². The summed E-state index contributed by atoms with van der Waals surface area (Å²) in [5, 5.41) is 2.46. The summed E-state index contributed by atoms with van der Waals surface area (Å²) in [6.07, 6.45) is 3.37. The highest BCUT2D eigenvalue weighted by atomic mass is 32.1. The first-order valence-corrected chi connectivity index (χ1v) is 13.1. The number of likely N-dealkylation sites (tertiary alicyclic amines) is 2. The van der Waals surface area contributed by atoms with Gasteiger partial charge in [-0.15, -0.1) is 11.3 Å². The van der Waals surface area contributed by atoms with Crippen molar-refractivity contribution in [2.75, 3.05) is 26.2 Å². The molecular weight excluding hydrogens is 477 g/mol. The van der Waals surface area contributed by atoms with Gasteiger partial charge in [0.1, 0.15) is 11.6 Å². The number of aryl methyl sites for hydroxylation is 1. The molecule has 2 aromatic carbocycles. The molecule has 2 fully saturated rings. The highest BCUT2D eigenvalue weighted by Crippen LogP contribution is 2.28. The lowest BCUT2D eigenvalue weighted by molar-refractivity contribution is 0.0150. The summed E-state index contributed by atoms with van der Waals surface area (Å²) in [6, 6.07) is 12.2. The van der Waals surface area contributed by atoms with Crippen LogP contribution in [0.4, 0.5) is 4.39 Å². The lowest BCUT2D eigenvalue weighted by Gasteiger charge is -2.47. The number of amides is 1. The summed E-state index contributed by atoms with van der Waals surface area (Å²) in [4.78, 5) is 38.8. The van der Waals surface area contributed by atoms with Crippen LogP contribution in [0.1, 0.15) is 38.8 Å². The lowest BCUT2D eigenvalue weighted by Crippen LogP contribution is -2.62. The number of nitrogens with zero attached hydrogens (tertiary/aromatic N) is 5. The Balaban J connectivity index is 1.08. The molecule has 2 aromatic heterocycles. The Labute approximate surface area is 212 Å². The number of imidazole rings is 1. The van der Waals surface area contributed by atoms with E-state index in [9.17, 15) is 14.0 Å². The van der Waals surface area contributed by atoms with Crippen LogP contribution in [0.5, 0.6) is 0 Å². The molecule has 184 valence electrons. The molecule has 4 aromatic rings. The molecule has 0 saturated carbocycles. The van der Waals surface area contributed by atoms with Crippen molar-refractivity contribution in [3.63, 3.8) is 0 Å². The van der Waals surface area contributed by atoms with Crippen LogP contribution in [0.25, 0.3) is 16.7 Å². The normalized spacial score (nSPS) is 17.4. The third-order valence-electron chi connectivity index (χ3n) is 7.36. The van der Waals surface area contributed by atoms with Gasteiger partial charge in [0.2, 0.25) is 0 Å². The maximum absolute atomic E-state index is 13.4. The Morgan fingerprint density at radius 1 is 1.06 bits per heavy atom. The summed E-state index contributed by atoms with van der Waals surface area (Å²) in [6.45, 7) is 5.05. The predicted molar refractivity (Wildman–Crippen MR) is 136 cm³/mol. The minimum Gasteiger partial charge on any atom is -0.335 e. The maximum Gasteiger partial charge on any atom is 0.254 e. The molecule has 2 saturated heterocycles. The standard InChI is InChI=1S/C27H26FN5O2S/c1-17-30-23-14-19(2-7-24(23)33(17)21-5-3-20(28)4-6-21)27(35)32-15-22(16-32)31-11-8-18(9-12-31)25(34)26-29-10-13-36-26/h2-7,10,13-14,18,22H,8-9,11-12,15-16H2,1H3. The Hall–Kier alpha value is -3.43. The van der Waals surface area contributed by atoms with Crippen molar-refractivity contribution in [1.82, 2.24) is 24.3 Å². The fourth-order valence-electron chi connectivity index (χ4n) is 5.33. The summed E-state index contributed by atoms with van der Waals surface area (Å²) in [5.41, 5.74) is 3.08. The Kier molecular flexibility index (Phi) is 5.89. The molecule has 0 atom stereocenters. The molecule has 2 aliphatic rings. The monoisotopic (exact) mass is 503 g/mol. The Morgan fingerprint density at radius 3 is 2.50 bits per heavy atom. The van der Waals surface area contributed by atoms with E-state index in [0.717, 1.165) is 48.5 Å². The van der Waals surface area contributed by atoms with Gasteiger partial charge in [-0.2, -0.15) is 0 Å². The van der Waals surface area contributed by atoms with E-state index in [1.807, 2.05) is 40.0 Å². The molecule has 36 heavy (non-hydrogen) atoms. The van der Waals surface area contributed by atoms with Crippen LogP contribution in [0, 0.1) is 18.7 Å². The van der Waals surface area contributed by atoms with E-state index < -0.39 is 0 Å². The van der Waals surface area contributed by atoms with Crippen LogP contribution in [-0.4, -0.2) is 68.2 Å². The number of ketones is 1. The number of piperidine rings is 1. The quantitative estimate of drug-likeness (QED) is 0.379. The molecule has 6 rings (SSSR count). The van der Waals surface area contributed by atoms with Gasteiger partial charge in [0.05, 0.1) is 11.0 Å². The average molecular weight is 504 g/mol. The van der Waals surface area contributed by atoms with Crippen LogP contribution < -0.4 is 0 Å². The maximum atomic E-state index is 13.4. The molecule has 7 nitrogen and oxygen atoms in total. The van der Waals surface area contributed by atoms with Crippen LogP contribution in [0.3, 0.4) is 0 Å². The minimum absolute atomic E-state index is 0.0102. The molecule has 2 aliphatic heterocycles. The van der Waals surface area contributed by atoms with Gasteiger partial charge in [0.15, 0.2) is 10.8 Å². The summed E-state index contributed by atoms with van der Waals surface area (Å²) < 4.78 is 15.3. The van der Waals surface area contributed by atoms with Gasteiger partial charge in [-0.3, -0.25) is 19.1 Å². The molecule has 0 unspecified atom stereocenters. The van der Waals surface area contributed by atoms with E-state index >= 15 is 0 Å². The second kappa shape index (κ2) is 9.22. The highest BCUT2D eigenvalue weighted by Gasteiger charge is 2.38. The van der Waals surface area contributed by atoms with Gasteiger partial charge >= 0.3 is 0 Å². The first kappa shape index (κ1) is 23.0. The van der Waals surface area contributed by atoms with Crippen molar-refractivity contribution < 1.29 is 14.0 Å². The fraction of sp³-hybridized carbons (Fsp3) is 0.333. The zero-order valence-corrected chi connectivity index (χ0v) is 20.7. The number of fused-ring (bicyclic) bond motifs is 1. The zero-order chi connectivity index (χ0) is 24.8. The van der Waals surface area contributed by atoms with Gasteiger partial charge in [-0.05, 0) is 75.3 Å². The molecule has 4 heterocycles. The lowest BCUT2D eigenvalue weighted by atomic mass is 9.91. The van der Waals surface area contributed by atoms with Gasteiger partial charge in [0.25, 0.3) is 5.91 Å². The van der Waals surface area contributed by atoms with E-state index in [2.05, 4.69) is 14.9 Å². The number of thiazole rings is 1. The third kappa shape index (κ3) is 4.12. The van der Waals surface area contributed by atoms with Gasteiger partial charge < -0.3 is 4.90 Å². The van der Waals surface area contributed by atoms with E-state index in [1.165, 1.54) is 23.5 Å². The number of aromatic nitrogens is 3. The van der Waals surface area contributed by atoms with Crippen LogP contribution >= 0.6 is 11.3 Å². The molecular formula is C27H26FN5O2S. The van der Waals surface area contributed by atoms with Gasteiger partial charge in [0, 0.05) is 47.9 Å². The van der Waals surface area contributed by atoms with E-state index in [4.69, 9.17) is 0 Å². The first-order valence-electron chi connectivity index (χ1n) is 12.2. The molecule has 0 N–H and O–H groups in total. The molecule has 0 aliphatic carbocycles. The SMILES string of the molecule is Cc1nc2cc(C(=O)N3CC(N4CCC(C(=O)c5nccs5)CC4)C3)ccc2n1-c1ccc(F)cc1. The number of benzene rings is 2. The second-order valence-electron chi connectivity index (χ2n) is 9.55. The van der Waals surface area contributed by atoms with Crippen molar-refractivity contribution in [1.29, 1.82) is 0 Å². The largest absolute Gasteiger partial charge is 0.335 e. The average Bonchev–Trinajstić information content (AvgIpc) is 3.51. The van der Waals surface area contributed by atoms with Crippen molar-refractivity contribution in [3.8, 4) is 5.69 Å². The second-order valence-corrected chi connectivity index (χ2v) is 10.4. The fourth-order valence-corrected chi connectivity index (χ4v) is 5.99. The van der Waals surface area contributed by atoms with Crippen LogP contribution in [-0.2, 0) is 0 Å². The Bertz CT molecular complexity index is 1420.